The Bertz CT molecular complexity index is 2630. The van der Waals surface area contributed by atoms with E-state index in [0.717, 1.165) is 58.5 Å². The van der Waals surface area contributed by atoms with Gasteiger partial charge in [0.15, 0.2) is 5.88 Å². The van der Waals surface area contributed by atoms with Gasteiger partial charge in [0.05, 0.1) is 46.1 Å². The van der Waals surface area contributed by atoms with Crippen LogP contribution in [0.1, 0.15) is 184 Å². The zero-order valence-corrected chi connectivity index (χ0v) is 47.3. The van der Waals surface area contributed by atoms with Gasteiger partial charge in [-0.05, 0) is 132 Å². The molecule has 3 heterocycles. The predicted molar refractivity (Wildman–Crippen MR) is 301 cm³/mol. The summed E-state index contributed by atoms with van der Waals surface area (Å²) in [5, 5.41) is 23.6. The zero-order valence-electron chi connectivity index (χ0n) is 46.5. The fourth-order valence-electron chi connectivity index (χ4n) is 11.5. The molecule has 0 radical (unpaired) electrons. The number of H-pyrrole nitrogens is 1. The molecule has 3 aromatic carbocycles. The summed E-state index contributed by atoms with van der Waals surface area (Å²) in [6.07, 6.45) is 9.21. The second-order valence-corrected chi connectivity index (χ2v) is 27.5. The minimum absolute atomic E-state index is 0.0103. The number of hydrogen-bond acceptors (Lipinski definition) is 7. The van der Waals surface area contributed by atoms with Crippen LogP contribution in [-0.4, -0.2) is 34.0 Å². The number of aromatic amines is 1. The number of fused-ring (bicyclic) bond motifs is 2. The third-order valence-corrected chi connectivity index (χ3v) is 15.2. The molecule has 1 aliphatic rings. The number of aliphatic imine (C=N–C) groups is 1. The van der Waals surface area contributed by atoms with Crippen molar-refractivity contribution in [2.75, 3.05) is 13.2 Å². The van der Waals surface area contributed by atoms with E-state index in [1.54, 1.807) is 0 Å². The molecule has 7 nitrogen and oxygen atoms in total. The molecule has 6 unspecified atom stereocenters. The summed E-state index contributed by atoms with van der Waals surface area (Å²) in [6.45, 7) is 38.8. The van der Waals surface area contributed by atoms with E-state index >= 15 is 0 Å². The quantitative estimate of drug-likeness (QED) is 0.0713. The molecule has 0 fully saturated rings. The van der Waals surface area contributed by atoms with Gasteiger partial charge in [-0.25, -0.2) is 9.98 Å². The first-order chi connectivity index (χ1) is 33.2. The van der Waals surface area contributed by atoms with Gasteiger partial charge in [0.2, 0.25) is 0 Å². The zero-order chi connectivity index (χ0) is 52.1. The SMILES string of the molecule is CC(CCC(COc1cccc(C2=N/C(=C(/C#N)c3nc4ccccc4s3)c3c(-c4cccc(OCC(CCC(C)CC(C)(C)C)C(C)CC(C)(C)C)c4)[nH]c(O)c32)c1)C(C)CC(C)(C)C)CC(C)(C)C. The lowest BCUT2D eigenvalue weighted by atomic mass is 9.76. The molecule has 8 heteroatoms. The third kappa shape index (κ3) is 15.8. The fraction of sp³-hybridized carbons (Fsp3) is 0.571. The summed E-state index contributed by atoms with van der Waals surface area (Å²) in [4.78, 5) is 13.6. The number of ether oxygens (including phenoxy) is 2. The molecule has 0 amide bonds. The van der Waals surface area contributed by atoms with Crippen molar-refractivity contribution in [1.29, 1.82) is 5.26 Å². The lowest BCUT2D eigenvalue weighted by Gasteiger charge is -2.31. The highest BCUT2D eigenvalue weighted by molar-refractivity contribution is 7.19. The number of benzene rings is 3. The minimum atomic E-state index is -0.0103. The molecule has 384 valence electrons. The molecule has 0 saturated carbocycles. The number of rotatable bonds is 21. The lowest BCUT2D eigenvalue weighted by molar-refractivity contribution is 0.147. The highest BCUT2D eigenvalue weighted by Crippen LogP contribution is 2.47. The van der Waals surface area contributed by atoms with Gasteiger partial charge in [0, 0.05) is 16.7 Å². The molecule has 0 spiro atoms. The molecule has 0 aliphatic carbocycles. The van der Waals surface area contributed by atoms with Crippen molar-refractivity contribution in [2.24, 2.45) is 62.2 Å². The molecule has 2 N–H and O–H groups in total. The summed E-state index contributed by atoms with van der Waals surface area (Å²) in [5.74, 6) is 4.56. The first kappa shape index (κ1) is 55.4. The van der Waals surface area contributed by atoms with Crippen LogP contribution in [0.5, 0.6) is 17.4 Å². The summed E-state index contributed by atoms with van der Waals surface area (Å²) in [7, 11) is 0. The Morgan fingerprint density at radius 3 is 1.62 bits per heavy atom. The van der Waals surface area contributed by atoms with Gasteiger partial charge in [-0.2, -0.15) is 5.26 Å². The molecular formula is C63H88N4O3S. The average molecular weight is 981 g/mol. The van der Waals surface area contributed by atoms with Crippen LogP contribution in [0.25, 0.3) is 32.7 Å². The first-order valence-electron chi connectivity index (χ1n) is 26.7. The number of nitriles is 1. The van der Waals surface area contributed by atoms with Crippen LogP contribution in [-0.2, 0) is 0 Å². The van der Waals surface area contributed by atoms with Crippen LogP contribution < -0.4 is 9.47 Å². The predicted octanol–water partition coefficient (Wildman–Crippen LogP) is 18.1. The second-order valence-electron chi connectivity index (χ2n) is 26.5. The van der Waals surface area contributed by atoms with Crippen molar-refractivity contribution in [3.8, 4) is 34.7 Å². The molecule has 6 atom stereocenters. The summed E-state index contributed by atoms with van der Waals surface area (Å²) < 4.78 is 14.5. The number of nitrogens with one attached hydrogen (secondary N) is 1. The Hall–Kier alpha value is -4.87. The molecule has 5 aromatic rings. The second kappa shape index (κ2) is 22.9. The number of aromatic nitrogens is 2. The van der Waals surface area contributed by atoms with Crippen LogP contribution in [0.4, 0.5) is 0 Å². The van der Waals surface area contributed by atoms with E-state index in [4.69, 9.17) is 19.5 Å². The number of allylic oxidation sites excluding steroid dienone is 1. The largest absolute Gasteiger partial charge is 0.494 e. The van der Waals surface area contributed by atoms with Gasteiger partial charge in [-0.1, -0.05) is 160 Å². The molecule has 0 bridgehead atoms. The first-order valence-corrected chi connectivity index (χ1v) is 27.5. The van der Waals surface area contributed by atoms with Gasteiger partial charge in [0.1, 0.15) is 28.1 Å². The number of para-hydroxylation sites is 1. The maximum Gasteiger partial charge on any atom is 0.199 e. The molecule has 71 heavy (non-hydrogen) atoms. The Labute approximate surface area is 433 Å². The number of aromatic hydroxyl groups is 1. The number of nitrogens with zero attached hydrogens (tertiary/aromatic N) is 3. The number of hydrogen-bond donors (Lipinski definition) is 2. The van der Waals surface area contributed by atoms with Gasteiger partial charge < -0.3 is 19.6 Å². The third-order valence-electron chi connectivity index (χ3n) is 14.2. The van der Waals surface area contributed by atoms with E-state index in [-0.39, 0.29) is 16.7 Å². The van der Waals surface area contributed by atoms with Crippen LogP contribution >= 0.6 is 11.3 Å². The average Bonchev–Trinajstić information content (AvgIpc) is 3.95. The van der Waals surface area contributed by atoms with E-state index < -0.39 is 0 Å². The molecule has 0 saturated heterocycles. The molecule has 2 aromatic heterocycles. The van der Waals surface area contributed by atoms with Crippen molar-refractivity contribution in [3.05, 3.63) is 94.5 Å². The summed E-state index contributed by atoms with van der Waals surface area (Å²) in [6, 6.07) is 26.6. The van der Waals surface area contributed by atoms with E-state index in [0.29, 0.717) is 98.4 Å². The molecule has 6 rings (SSSR count). The smallest absolute Gasteiger partial charge is 0.199 e. The van der Waals surface area contributed by atoms with Gasteiger partial charge >= 0.3 is 0 Å². The van der Waals surface area contributed by atoms with Crippen LogP contribution in [0, 0.1) is 68.5 Å². The Morgan fingerprint density at radius 1 is 0.634 bits per heavy atom. The van der Waals surface area contributed by atoms with Crippen molar-refractivity contribution >= 4 is 38.5 Å². The van der Waals surface area contributed by atoms with Gasteiger partial charge in [0.25, 0.3) is 0 Å². The molecular weight excluding hydrogens is 893 g/mol. The maximum absolute atomic E-state index is 12.0. The Kier molecular flexibility index (Phi) is 17.9. The molecule has 1 aliphatic heterocycles. The number of thiazole rings is 1. The highest BCUT2D eigenvalue weighted by atomic mass is 32.1. The topological polar surface area (TPSA) is 104 Å². The summed E-state index contributed by atoms with van der Waals surface area (Å²) >= 11 is 1.47. The highest BCUT2D eigenvalue weighted by Gasteiger charge is 2.35. The monoisotopic (exact) mass is 981 g/mol. The van der Waals surface area contributed by atoms with Gasteiger partial charge in [-0.3, -0.25) is 0 Å². The van der Waals surface area contributed by atoms with E-state index in [9.17, 15) is 10.4 Å². The van der Waals surface area contributed by atoms with Crippen LogP contribution in [0.2, 0.25) is 0 Å². The fourth-order valence-corrected chi connectivity index (χ4v) is 12.4. The lowest BCUT2D eigenvalue weighted by Crippen LogP contribution is -2.25. The van der Waals surface area contributed by atoms with Gasteiger partial charge in [-0.15, -0.1) is 11.3 Å². The van der Waals surface area contributed by atoms with Crippen molar-refractivity contribution < 1.29 is 14.6 Å². The summed E-state index contributed by atoms with van der Waals surface area (Å²) in [5.41, 5.74) is 6.79. The normalized spacial score (nSPS) is 16.7. The van der Waals surface area contributed by atoms with Crippen molar-refractivity contribution in [3.63, 3.8) is 0 Å². The van der Waals surface area contributed by atoms with E-state index in [1.165, 1.54) is 37.0 Å². The Morgan fingerprint density at radius 2 is 1.13 bits per heavy atom. The maximum atomic E-state index is 12.0. The van der Waals surface area contributed by atoms with Crippen LogP contribution in [0.3, 0.4) is 0 Å². The van der Waals surface area contributed by atoms with Crippen molar-refractivity contribution in [2.45, 2.75) is 162 Å². The Balaban J connectivity index is 1.35. The van der Waals surface area contributed by atoms with E-state index in [2.05, 4.69) is 122 Å². The minimum Gasteiger partial charge on any atom is -0.494 e. The van der Waals surface area contributed by atoms with Crippen LogP contribution in [0.15, 0.2) is 77.8 Å². The standard InChI is InChI=1S/C63H88N4O3S/c1-40(33-60(5,6)7)27-29-46(42(3)35-62(11,12)13)38-69-48-23-19-21-44(31-48)55-53-54(58(68)67-55)56(66-57(53)50(37-64)59-65-51-25-17-18-26-52(51)71-59)45-22-20-24-49(32-45)70-39-47(43(4)36-63(14,15)16)30-28-41(2)34-61(8,9)10/h17-26,31-32,40-43,46-47,67-68H,27-30,33-36,38-39H2,1-16H3/b57-50-. The van der Waals surface area contributed by atoms with Crippen molar-refractivity contribution in [1.82, 2.24) is 9.97 Å². The van der Waals surface area contributed by atoms with E-state index in [1.807, 2.05) is 72.8 Å².